The van der Waals surface area contributed by atoms with Crippen molar-refractivity contribution in [3.05, 3.63) is 90.5 Å². The van der Waals surface area contributed by atoms with E-state index in [1.165, 1.54) is 16.2 Å². The third-order valence-corrected chi connectivity index (χ3v) is 6.31. The molecule has 0 N–H and O–H groups in total. The molecule has 3 heteroatoms. The monoisotopic (exact) mass is 390 g/mol. The van der Waals surface area contributed by atoms with Crippen molar-refractivity contribution in [3.8, 4) is 17.2 Å². The minimum absolute atomic E-state index is 0.194. The zero-order valence-corrected chi connectivity index (χ0v) is 16.2. The second kappa shape index (κ2) is 5.90. The molecular formula is C27H18O3. The lowest BCUT2D eigenvalue weighted by Crippen LogP contribution is -2.41. The number of benzene rings is 5. The van der Waals surface area contributed by atoms with E-state index in [1.807, 2.05) is 12.1 Å². The normalized spacial score (nSPS) is 19.3. The standard InChI is InChI=1S/C27H18O3/c1-3-7-19-16(5-1)9-10-18-12-14-22-26(24(18)19)30-23-15-28-21-13-11-17-6-2-4-8-20(17)25(21)27(23)29-22/h1-14,23,27H,15H2. The summed E-state index contributed by atoms with van der Waals surface area (Å²) >= 11 is 0. The van der Waals surface area contributed by atoms with Gasteiger partial charge in [0.1, 0.15) is 12.4 Å². The Morgan fingerprint density at radius 2 is 1.27 bits per heavy atom. The minimum Gasteiger partial charge on any atom is -0.489 e. The fourth-order valence-corrected chi connectivity index (χ4v) is 4.91. The molecule has 0 fully saturated rings. The van der Waals surface area contributed by atoms with Crippen molar-refractivity contribution in [1.82, 2.24) is 0 Å². The summed E-state index contributed by atoms with van der Waals surface area (Å²) in [6.45, 7) is 0.469. The molecule has 5 aromatic rings. The lowest BCUT2D eigenvalue weighted by atomic mass is 9.93. The number of hydrogen-bond acceptors (Lipinski definition) is 3. The van der Waals surface area contributed by atoms with Gasteiger partial charge in [-0.1, -0.05) is 72.8 Å². The van der Waals surface area contributed by atoms with E-state index in [0.717, 1.165) is 39.0 Å². The van der Waals surface area contributed by atoms with E-state index in [2.05, 4.69) is 72.8 Å². The van der Waals surface area contributed by atoms with Gasteiger partial charge in [-0.25, -0.2) is 0 Å². The Labute approximate surface area is 173 Å². The van der Waals surface area contributed by atoms with Crippen LogP contribution in [0.5, 0.6) is 17.2 Å². The summed E-state index contributed by atoms with van der Waals surface area (Å²) in [4.78, 5) is 0. The van der Waals surface area contributed by atoms with E-state index in [0.29, 0.717) is 6.61 Å². The Bertz CT molecular complexity index is 1470. The van der Waals surface area contributed by atoms with Crippen LogP contribution in [0.2, 0.25) is 0 Å². The van der Waals surface area contributed by atoms with E-state index in [-0.39, 0.29) is 12.2 Å². The molecular weight excluding hydrogens is 372 g/mol. The lowest BCUT2D eigenvalue weighted by Gasteiger charge is -2.39. The number of rotatable bonds is 0. The van der Waals surface area contributed by atoms with Crippen LogP contribution in [-0.2, 0) is 0 Å². The summed E-state index contributed by atoms with van der Waals surface area (Å²) in [5.74, 6) is 2.49. The Morgan fingerprint density at radius 3 is 2.17 bits per heavy atom. The quantitative estimate of drug-likeness (QED) is 0.286. The maximum absolute atomic E-state index is 6.62. The van der Waals surface area contributed by atoms with Crippen molar-refractivity contribution in [3.63, 3.8) is 0 Å². The Hall–Kier alpha value is -3.72. The average molecular weight is 390 g/mol. The average Bonchev–Trinajstić information content (AvgIpc) is 2.82. The van der Waals surface area contributed by atoms with Gasteiger partial charge in [-0.3, -0.25) is 0 Å². The third-order valence-electron chi connectivity index (χ3n) is 6.31. The van der Waals surface area contributed by atoms with Gasteiger partial charge in [0.15, 0.2) is 23.7 Å². The van der Waals surface area contributed by atoms with E-state index >= 15 is 0 Å². The Kier molecular flexibility index (Phi) is 3.17. The van der Waals surface area contributed by atoms with Gasteiger partial charge in [-0.05, 0) is 39.1 Å². The van der Waals surface area contributed by atoms with Gasteiger partial charge in [0, 0.05) is 10.9 Å². The van der Waals surface area contributed by atoms with Gasteiger partial charge < -0.3 is 14.2 Å². The van der Waals surface area contributed by atoms with Gasteiger partial charge in [0.05, 0.1) is 0 Å². The van der Waals surface area contributed by atoms with Crippen LogP contribution < -0.4 is 14.2 Å². The molecule has 0 saturated carbocycles. The maximum atomic E-state index is 6.62. The van der Waals surface area contributed by atoms with Crippen LogP contribution in [0.25, 0.3) is 32.3 Å². The molecule has 0 aromatic heterocycles. The fraction of sp³-hybridized carbons (Fsp3) is 0.111. The van der Waals surface area contributed by atoms with E-state index in [4.69, 9.17) is 14.2 Å². The van der Waals surface area contributed by atoms with Crippen molar-refractivity contribution in [2.24, 2.45) is 0 Å². The summed E-state index contributed by atoms with van der Waals surface area (Å²) < 4.78 is 19.3. The molecule has 0 saturated heterocycles. The van der Waals surface area contributed by atoms with Crippen LogP contribution >= 0.6 is 0 Å². The van der Waals surface area contributed by atoms with Crippen molar-refractivity contribution in [2.75, 3.05) is 6.61 Å². The van der Waals surface area contributed by atoms with Crippen molar-refractivity contribution in [1.29, 1.82) is 0 Å². The molecule has 2 heterocycles. The summed E-state index contributed by atoms with van der Waals surface area (Å²) in [6, 6.07) is 29.4. The van der Waals surface area contributed by atoms with Crippen LogP contribution in [0.4, 0.5) is 0 Å². The van der Waals surface area contributed by atoms with Crippen LogP contribution in [-0.4, -0.2) is 12.7 Å². The second-order valence-corrected chi connectivity index (χ2v) is 7.98. The molecule has 7 rings (SSSR count). The second-order valence-electron chi connectivity index (χ2n) is 7.98. The molecule has 3 nitrogen and oxygen atoms in total. The van der Waals surface area contributed by atoms with E-state index in [9.17, 15) is 0 Å². The first kappa shape index (κ1) is 16.1. The fourth-order valence-electron chi connectivity index (χ4n) is 4.91. The van der Waals surface area contributed by atoms with E-state index in [1.54, 1.807) is 0 Å². The van der Waals surface area contributed by atoms with Crippen LogP contribution in [0.15, 0.2) is 84.9 Å². The Morgan fingerprint density at radius 1 is 0.600 bits per heavy atom. The SMILES string of the molecule is c1ccc2c3c(ccc2c1)OCC1Oc2c(ccc4ccc5ccccc5c24)OC31. The minimum atomic E-state index is -0.195. The molecule has 5 aromatic carbocycles. The molecule has 0 aliphatic carbocycles. The van der Waals surface area contributed by atoms with E-state index < -0.39 is 0 Å². The summed E-state index contributed by atoms with van der Waals surface area (Å²) in [5, 5.41) is 6.96. The van der Waals surface area contributed by atoms with Crippen LogP contribution in [0, 0.1) is 0 Å². The predicted octanol–water partition coefficient (Wildman–Crippen LogP) is 6.42. The highest BCUT2D eigenvalue weighted by Gasteiger charge is 2.40. The number of fused-ring (bicyclic) bond motifs is 10. The molecule has 2 atom stereocenters. The van der Waals surface area contributed by atoms with Crippen LogP contribution in [0.3, 0.4) is 0 Å². The Balaban J connectivity index is 1.46. The maximum Gasteiger partial charge on any atom is 0.174 e. The number of hydrogen-bond donors (Lipinski definition) is 0. The molecule has 2 aliphatic rings. The topological polar surface area (TPSA) is 27.7 Å². The van der Waals surface area contributed by atoms with Gasteiger partial charge in [-0.15, -0.1) is 0 Å². The molecule has 2 unspecified atom stereocenters. The van der Waals surface area contributed by atoms with Gasteiger partial charge in [0.2, 0.25) is 0 Å². The molecule has 144 valence electrons. The van der Waals surface area contributed by atoms with Gasteiger partial charge >= 0.3 is 0 Å². The lowest BCUT2D eigenvalue weighted by molar-refractivity contribution is -0.0199. The van der Waals surface area contributed by atoms with Gasteiger partial charge in [-0.2, -0.15) is 0 Å². The molecule has 0 bridgehead atoms. The summed E-state index contributed by atoms with van der Waals surface area (Å²) in [5.41, 5.74) is 1.08. The first-order chi connectivity index (χ1) is 14.9. The summed E-state index contributed by atoms with van der Waals surface area (Å²) in [6.07, 6.45) is -0.389. The first-order valence-corrected chi connectivity index (χ1v) is 10.3. The molecule has 2 aliphatic heterocycles. The van der Waals surface area contributed by atoms with Crippen LogP contribution in [0.1, 0.15) is 11.7 Å². The van der Waals surface area contributed by atoms with Gasteiger partial charge in [0.25, 0.3) is 0 Å². The summed E-state index contributed by atoms with van der Waals surface area (Å²) in [7, 11) is 0. The largest absolute Gasteiger partial charge is 0.489 e. The highest BCUT2D eigenvalue weighted by molar-refractivity contribution is 6.11. The zero-order chi connectivity index (χ0) is 19.7. The first-order valence-electron chi connectivity index (χ1n) is 10.3. The molecule has 0 spiro atoms. The third kappa shape index (κ3) is 2.15. The van der Waals surface area contributed by atoms with Crippen molar-refractivity contribution < 1.29 is 14.2 Å². The van der Waals surface area contributed by atoms with Crippen molar-refractivity contribution >= 4 is 32.3 Å². The zero-order valence-electron chi connectivity index (χ0n) is 16.2. The molecule has 0 radical (unpaired) electrons. The number of ether oxygens (including phenoxy) is 3. The smallest absolute Gasteiger partial charge is 0.174 e. The highest BCUT2D eigenvalue weighted by Crippen LogP contribution is 2.50. The predicted molar refractivity (Wildman–Crippen MR) is 119 cm³/mol. The molecule has 30 heavy (non-hydrogen) atoms. The highest BCUT2D eigenvalue weighted by atomic mass is 16.6. The van der Waals surface area contributed by atoms with Crippen molar-refractivity contribution in [2.45, 2.75) is 12.2 Å². The molecule has 0 amide bonds.